The fraction of sp³-hybridized carbons (Fsp3) is 0. The zero-order valence-electron chi connectivity index (χ0n) is 3.58. The maximum absolute atomic E-state index is 8.88. The van der Waals surface area contributed by atoms with Gasteiger partial charge >= 0.3 is 26.7 Å². The molecule has 0 aromatic rings. The van der Waals surface area contributed by atoms with Crippen LogP contribution in [-0.2, 0) is 72.0 Å². The van der Waals surface area contributed by atoms with Crippen LogP contribution in [0.1, 0.15) is 0 Å². The SMILES string of the molecule is O=P(O)(O)O.[Co].[Fe].[LiH].[Mn].[Ni]. The third kappa shape index (κ3) is 135. The van der Waals surface area contributed by atoms with Gasteiger partial charge in [0.15, 0.2) is 0 Å². The third-order valence-corrected chi connectivity index (χ3v) is 0. The van der Waals surface area contributed by atoms with Crippen molar-refractivity contribution < 1.29 is 86.7 Å². The molecular formula is H4CoFeLiMnNiO4P. The summed E-state index contributed by atoms with van der Waals surface area (Å²) in [5.74, 6) is 0. The second-order valence-electron chi connectivity index (χ2n) is 0.513. The van der Waals surface area contributed by atoms with Crippen molar-refractivity contribution in [3.05, 3.63) is 0 Å². The summed E-state index contributed by atoms with van der Waals surface area (Å²) in [7, 11) is -4.64. The molecule has 0 saturated heterocycles. The second kappa shape index (κ2) is 17.7. The molecule has 2 radical (unpaired) electrons. The average molecular weight is 334 g/mol. The molecule has 0 atom stereocenters. The second-order valence-corrected chi connectivity index (χ2v) is 1.54. The Morgan fingerprint density at radius 3 is 1.10 bits per heavy atom. The molecule has 0 bridgehead atoms. The van der Waals surface area contributed by atoms with E-state index in [0.717, 1.165) is 0 Å². The first-order chi connectivity index (χ1) is 2.00. The summed E-state index contributed by atoms with van der Waals surface area (Å²) in [6.07, 6.45) is 0. The van der Waals surface area contributed by atoms with Crippen LogP contribution in [0.2, 0.25) is 0 Å². The topological polar surface area (TPSA) is 77.8 Å². The molecule has 0 amide bonds. The molecule has 0 aliphatic carbocycles. The summed E-state index contributed by atoms with van der Waals surface area (Å²) < 4.78 is 8.88. The molecule has 4 nitrogen and oxygen atoms in total. The Labute approximate surface area is 112 Å². The van der Waals surface area contributed by atoms with Gasteiger partial charge in [0.25, 0.3) is 0 Å². The third-order valence-electron chi connectivity index (χ3n) is 0. The Bertz CT molecular complexity index is 71.4. The van der Waals surface area contributed by atoms with Crippen LogP contribution in [0, 0.1) is 0 Å². The maximum Gasteiger partial charge on any atom is 0 e. The van der Waals surface area contributed by atoms with E-state index in [1.165, 1.54) is 0 Å². The molecule has 68 valence electrons. The fourth-order valence-electron chi connectivity index (χ4n) is 0. The van der Waals surface area contributed by atoms with Gasteiger partial charge in [-0.25, -0.2) is 4.57 Å². The van der Waals surface area contributed by atoms with E-state index in [-0.39, 0.29) is 86.3 Å². The first-order valence-corrected chi connectivity index (χ1v) is 2.35. The van der Waals surface area contributed by atoms with Gasteiger partial charge in [-0.1, -0.05) is 0 Å². The minimum absolute atomic E-state index is 0. The molecule has 0 heterocycles. The largest absolute Gasteiger partial charge is 0 e. The van der Waals surface area contributed by atoms with Gasteiger partial charge in [-0.05, 0) is 0 Å². The Kier molecular flexibility index (Phi) is 68.5. The smallest absolute Gasteiger partial charge is 0 e. The summed E-state index contributed by atoms with van der Waals surface area (Å²) in [6, 6.07) is 0. The van der Waals surface area contributed by atoms with Crippen molar-refractivity contribution in [3.8, 4) is 0 Å². The van der Waals surface area contributed by atoms with Gasteiger partial charge in [0.05, 0.1) is 0 Å². The van der Waals surface area contributed by atoms with Crippen LogP contribution < -0.4 is 0 Å². The van der Waals surface area contributed by atoms with Gasteiger partial charge in [0, 0.05) is 67.4 Å². The van der Waals surface area contributed by atoms with Gasteiger partial charge in [0.2, 0.25) is 0 Å². The molecule has 0 fully saturated rings. The van der Waals surface area contributed by atoms with Gasteiger partial charge in [0.1, 0.15) is 0 Å². The van der Waals surface area contributed by atoms with Crippen LogP contribution in [0.3, 0.4) is 0 Å². The summed E-state index contributed by atoms with van der Waals surface area (Å²) in [6.45, 7) is 0. The monoisotopic (exact) mass is 334 g/mol. The number of hydrogen-bond donors (Lipinski definition) is 3. The molecule has 3 N–H and O–H groups in total. The van der Waals surface area contributed by atoms with Crippen LogP contribution in [0.5, 0.6) is 0 Å². The molecule has 0 spiro atoms. The van der Waals surface area contributed by atoms with Crippen molar-refractivity contribution >= 4 is 26.7 Å². The first-order valence-electron chi connectivity index (χ1n) is 0.783. The van der Waals surface area contributed by atoms with Gasteiger partial charge in [-0.3, -0.25) is 0 Å². The molecule has 0 aliphatic rings. The van der Waals surface area contributed by atoms with Crippen molar-refractivity contribution in [3.63, 3.8) is 0 Å². The summed E-state index contributed by atoms with van der Waals surface area (Å²) in [5, 5.41) is 0. The minimum atomic E-state index is -4.64. The number of hydrogen-bond acceptors (Lipinski definition) is 1. The van der Waals surface area contributed by atoms with Crippen LogP contribution >= 0.6 is 7.82 Å². The molecule has 10 heavy (non-hydrogen) atoms. The standard InChI is InChI=1S/Co.Fe.Li.Mn.Ni.H3O4P.H/c;;;;;1-5(2,3)4;/h;;;;;(H3,1,2,3,4);. The van der Waals surface area contributed by atoms with Gasteiger partial charge < -0.3 is 14.7 Å². The minimum Gasteiger partial charge on any atom is 0 e. The van der Waals surface area contributed by atoms with Crippen molar-refractivity contribution in [2.24, 2.45) is 0 Å². The number of phosphoric acid groups is 1. The first kappa shape index (κ1) is 38.6. The molecular weight excluding hydrogens is 330 g/mol. The molecule has 0 saturated carbocycles. The molecule has 0 unspecified atom stereocenters. The van der Waals surface area contributed by atoms with E-state index in [9.17, 15) is 0 Å². The van der Waals surface area contributed by atoms with Crippen molar-refractivity contribution in [2.45, 2.75) is 0 Å². The van der Waals surface area contributed by atoms with Crippen molar-refractivity contribution in [2.75, 3.05) is 0 Å². The van der Waals surface area contributed by atoms with Crippen molar-refractivity contribution in [1.82, 2.24) is 0 Å². The van der Waals surface area contributed by atoms with E-state index in [4.69, 9.17) is 19.2 Å². The average Bonchev–Trinajstić information content (AvgIpc) is 0.722. The van der Waals surface area contributed by atoms with E-state index in [1.807, 2.05) is 0 Å². The van der Waals surface area contributed by atoms with E-state index in [0.29, 0.717) is 0 Å². The maximum atomic E-state index is 8.88. The zero-order chi connectivity index (χ0) is 4.50. The van der Waals surface area contributed by atoms with Crippen molar-refractivity contribution in [1.29, 1.82) is 0 Å². The van der Waals surface area contributed by atoms with Crippen LogP contribution in [-0.4, -0.2) is 33.5 Å². The zero-order valence-corrected chi connectivity index (χ0v) is 8.79. The van der Waals surface area contributed by atoms with E-state index < -0.39 is 7.82 Å². The number of rotatable bonds is 0. The predicted molar refractivity (Wildman–Crippen MR) is 21.4 cm³/mol. The van der Waals surface area contributed by atoms with E-state index >= 15 is 0 Å². The van der Waals surface area contributed by atoms with Crippen LogP contribution in [0.25, 0.3) is 0 Å². The van der Waals surface area contributed by atoms with Gasteiger partial charge in [-0.15, -0.1) is 0 Å². The summed E-state index contributed by atoms with van der Waals surface area (Å²) in [5.41, 5.74) is 0. The van der Waals surface area contributed by atoms with Crippen LogP contribution in [0.15, 0.2) is 0 Å². The van der Waals surface area contributed by atoms with Crippen LogP contribution in [0.4, 0.5) is 0 Å². The Morgan fingerprint density at radius 2 is 1.10 bits per heavy atom. The molecule has 10 heteroatoms. The normalized spacial score (nSPS) is 5.90. The van der Waals surface area contributed by atoms with E-state index in [2.05, 4.69) is 0 Å². The van der Waals surface area contributed by atoms with Gasteiger partial charge in [-0.2, -0.15) is 0 Å². The summed E-state index contributed by atoms with van der Waals surface area (Å²) >= 11 is 0. The Hall–Kier alpha value is 2.75. The summed E-state index contributed by atoms with van der Waals surface area (Å²) in [4.78, 5) is 21.6. The van der Waals surface area contributed by atoms with E-state index in [1.54, 1.807) is 0 Å². The quantitative estimate of drug-likeness (QED) is 0.369. The fourth-order valence-corrected chi connectivity index (χ4v) is 0. The Balaban J connectivity index is -0.00000000800. The molecule has 0 aromatic carbocycles. The molecule has 0 rings (SSSR count). The molecule has 0 aliphatic heterocycles. The predicted octanol–water partition coefficient (Wildman–Crippen LogP) is -1.59. The Morgan fingerprint density at radius 1 is 1.10 bits per heavy atom. The molecule has 0 aromatic heterocycles.